The number of carboxylic acids is 1. The van der Waals surface area contributed by atoms with Crippen molar-refractivity contribution in [3.05, 3.63) is 53.8 Å². The van der Waals surface area contributed by atoms with Gasteiger partial charge in [-0.05, 0) is 41.5 Å². The number of halogens is 4. The van der Waals surface area contributed by atoms with Crippen molar-refractivity contribution in [2.75, 3.05) is 0 Å². The highest BCUT2D eigenvalue weighted by atomic mass is 19.4. The van der Waals surface area contributed by atoms with Gasteiger partial charge in [-0.1, -0.05) is 12.1 Å². The third kappa shape index (κ3) is 3.71. The number of hydrogen-bond acceptors (Lipinski definition) is 2. The zero-order valence-electron chi connectivity index (χ0n) is 10.3. The third-order valence-corrected chi connectivity index (χ3v) is 2.61. The molecular formula is C14H8F4O3. The number of hydrogen-bond donors (Lipinski definition) is 1. The minimum absolute atomic E-state index is 0.0704. The molecule has 0 atom stereocenters. The fraction of sp³-hybridized carbons (Fsp3) is 0.0714. The van der Waals surface area contributed by atoms with Crippen LogP contribution in [0.3, 0.4) is 0 Å². The van der Waals surface area contributed by atoms with Gasteiger partial charge >= 0.3 is 12.3 Å². The van der Waals surface area contributed by atoms with E-state index in [4.69, 9.17) is 5.11 Å². The highest BCUT2D eigenvalue weighted by Gasteiger charge is 2.31. The van der Waals surface area contributed by atoms with Gasteiger partial charge in [-0.15, -0.1) is 13.2 Å². The molecule has 7 heteroatoms. The van der Waals surface area contributed by atoms with Crippen molar-refractivity contribution in [2.24, 2.45) is 0 Å². The van der Waals surface area contributed by atoms with Gasteiger partial charge in [-0.2, -0.15) is 0 Å². The molecule has 0 aliphatic carbocycles. The summed E-state index contributed by atoms with van der Waals surface area (Å²) in [5.74, 6) is -2.36. The normalized spacial score (nSPS) is 11.2. The van der Waals surface area contributed by atoms with Crippen molar-refractivity contribution >= 4 is 5.97 Å². The highest BCUT2D eigenvalue weighted by molar-refractivity contribution is 5.96. The zero-order valence-corrected chi connectivity index (χ0v) is 10.3. The molecule has 0 spiro atoms. The molecule has 2 aromatic rings. The van der Waals surface area contributed by atoms with Gasteiger partial charge in [0.25, 0.3) is 0 Å². The van der Waals surface area contributed by atoms with Crippen LogP contribution in [0.5, 0.6) is 5.75 Å². The average Bonchev–Trinajstić information content (AvgIpc) is 2.37. The lowest BCUT2D eigenvalue weighted by Gasteiger charge is -2.10. The first-order chi connectivity index (χ1) is 9.76. The zero-order chi connectivity index (χ0) is 15.6. The molecule has 0 radical (unpaired) electrons. The summed E-state index contributed by atoms with van der Waals surface area (Å²) in [4.78, 5) is 11.1. The van der Waals surface area contributed by atoms with Gasteiger partial charge in [0, 0.05) is 0 Å². The van der Waals surface area contributed by atoms with Crippen LogP contribution in [0, 0.1) is 5.82 Å². The van der Waals surface area contributed by atoms with Crippen molar-refractivity contribution in [3.8, 4) is 16.9 Å². The summed E-state index contributed by atoms with van der Waals surface area (Å²) in [6, 6.07) is 7.59. The topological polar surface area (TPSA) is 46.5 Å². The van der Waals surface area contributed by atoms with Crippen LogP contribution in [-0.4, -0.2) is 17.4 Å². The van der Waals surface area contributed by atoms with Crippen LogP contribution < -0.4 is 4.74 Å². The molecule has 0 aliphatic heterocycles. The first-order valence-corrected chi connectivity index (χ1v) is 5.65. The third-order valence-electron chi connectivity index (χ3n) is 2.61. The first kappa shape index (κ1) is 14.8. The van der Waals surface area contributed by atoms with Crippen LogP contribution in [0.1, 0.15) is 10.4 Å². The van der Waals surface area contributed by atoms with E-state index in [1.807, 2.05) is 0 Å². The van der Waals surface area contributed by atoms with E-state index in [9.17, 15) is 22.4 Å². The summed E-state index contributed by atoms with van der Waals surface area (Å²) >= 11 is 0. The predicted octanol–water partition coefficient (Wildman–Crippen LogP) is 4.09. The standard InChI is InChI=1S/C14H8F4O3/c15-9-3-6-11(13(19)20)12(7-9)8-1-4-10(5-2-8)21-14(16,17)18/h1-7H,(H,19,20). The fourth-order valence-electron chi connectivity index (χ4n) is 1.78. The van der Waals surface area contributed by atoms with Crippen LogP contribution >= 0.6 is 0 Å². The summed E-state index contributed by atoms with van der Waals surface area (Å²) in [5, 5.41) is 9.03. The molecule has 21 heavy (non-hydrogen) atoms. The molecule has 1 N–H and O–H groups in total. The Morgan fingerprint density at radius 2 is 1.67 bits per heavy atom. The first-order valence-electron chi connectivity index (χ1n) is 5.65. The Balaban J connectivity index is 2.39. The molecule has 3 nitrogen and oxygen atoms in total. The molecule has 2 aromatic carbocycles. The summed E-state index contributed by atoms with van der Waals surface area (Å²) in [6.07, 6.45) is -4.81. The molecule has 0 bridgehead atoms. The van der Waals surface area contributed by atoms with Crippen LogP contribution in [0.4, 0.5) is 17.6 Å². The molecule has 2 rings (SSSR count). The Kier molecular flexibility index (Phi) is 3.84. The number of benzene rings is 2. The summed E-state index contributed by atoms with van der Waals surface area (Å²) in [5.41, 5.74) is 0.184. The van der Waals surface area contributed by atoms with Crippen LogP contribution in [0.25, 0.3) is 11.1 Å². The molecule has 0 heterocycles. The summed E-state index contributed by atoms with van der Waals surface area (Å²) < 4.78 is 53.0. The molecule has 0 unspecified atom stereocenters. The quantitative estimate of drug-likeness (QED) is 0.868. The minimum atomic E-state index is -4.81. The Bertz CT molecular complexity index is 663. The highest BCUT2D eigenvalue weighted by Crippen LogP contribution is 2.29. The molecule has 0 aliphatic rings. The number of rotatable bonds is 3. The van der Waals surface area contributed by atoms with Crippen LogP contribution in [0.15, 0.2) is 42.5 Å². The Labute approximate surface area is 116 Å². The maximum atomic E-state index is 13.2. The number of carbonyl (C=O) groups is 1. The lowest BCUT2D eigenvalue weighted by Crippen LogP contribution is -2.16. The number of alkyl halides is 3. The lowest BCUT2D eigenvalue weighted by atomic mass is 9.99. The Morgan fingerprint density at radius 3 is 2.19 bits per heavy atom. The maximum absolute atomic E-state index is 13.2. The number of ether oxygens (including phenoxy) is 1. The van der Waals surface area contributed by atoms with Gasteiger partial charge in [0.05, 0.1) is 5.56 Å². The second-order valence-electron chi connectivity index (χ2n) is 4.07. The lowest BCUT2D eigenvalue weighted by molar-refractivity contribution is -0.274. The van der Waals surface area contributed by atoms with E-state index in [2.05, 4.69) is 4.74 Å². The van der Waals surface area contributed by atoms with Gasteiger partial charge in [-0.25, -0.2) is 9.18 Å². The summed E-state index contributed by atoms with van der Waals surface area (Å²) in [6.45, 7) is 0. The average molecular weight is 300 g/mol. The Hall–Kier alpha value is -2.57. The monoisotopic (exact) mass is 300 g/mol. The van der Waals surface area contributed by atoms with Crippen LogP contribution in [-0.2, 0) is 0 Å². The molecular weight excluding hydrogens is 292 g/mol. The molecule has 110 valence electrons. The second-order valence-corrected chi connectivity index (χ2v) is 4.07. The van der Waals surface area contributed by atoms with Crippen molar-refractivity contribution < 1.29 is 32.2 Å². The van der Waals surface area contributed by atoms with Crippen molar-refractivity contribution in [1.29, 1.82) is 0 Å². The van der Waals surface area contributed by atoms with Gasteiger partial charge in [0.2, 0.25) is 0 Å². The van der Waals surface area contributed by atoms with Crippen molar-refractivity contribution in [2.45, 2.75) is 6.36 Å². The predicted molar refractivity (Wildman–Crippen MR) is 65.5 cm³/mol. The smallest absolute Gasteiger partial charge is 0.478 e. The SMILES string of the molecule is O=C(O)c1ccc(F)cc1-c1ccc(OC(F)(F)F)cc1. The summed E-state index contributed by atoms with van der Waals surface area (Å²) in [7, 11) is 0. The van der Waals surface area contributed by atoms with E-state index in [-0.39, 0.29) is 16.7 Å². The Morgan fingerprint density at radius 1 is 1.05 bits per heavy atom. The van der Waals surface area contributed by atoms with E-state index in [1.165, 1.54) is 12.1 Å². The maximum Gasteiger partial charge on any atom is 0.573 e. The van der Waals surface area contributed by atoms with Gasteiger partial charge in [0.1, 0.15) is 11.6 Å². The van der Waals surface area contributed by atoms with E-state index < -0.39 is 23.9 Å². The molecule has 0 saturated carbocycles. The second kappa shape index (κ2) is 5.43. The molecule has 0 fully saturated rings. The molecule has 0 amide bonds. The van der Waals surface area contributed by atoms with E-state index in [0.29, 0.717) is 0 Å². The van der Waals surface area contributed by atoms with Gasteiger partial charge in [0.15, 0.2) is 0 Å². The van der Waals surface area contributed by atoms with Gasteiger partial charge in [-0.3, -0.25) is 0 Å². The molecule has 0 aromatic heterocycles. The van der Waals surface area contributed by atoms with Crippen molar-refractivity contribution in [1.82, 2.24) is 0 Å². The fourth-order valence-corrected chi connectivity index (χ4v) is 1.78. The van der Waals surface area contributed by atoms with E-state index >= 15 is 0 Å². The largest absolute Gasteiger partial charge is 0.573 e. The van der Waals surface area contributed by atoms with Crippen LogP contribution in [0.2, 0.25) is 0 Å². The van der Waals surface area contributed by atoms with E-state index in [0.717, 1.165) is 30.3 Å². The number of carboxylic acid groups (broad SMARTS) is 1. The molecule has 0 saturated heterocycles. The van der Waals surface area contributed by atoms with Gasteiger partial charge < -0.3 is 9.84 Å². The number of aromatic carboxylic acids is 1. The minimum Gasteiger partial charge on any atom is -0.478 e. The van der Waals surface area contributed by atoms with Crippen molar-refractivity contribution in [3.63, 3.8) is 0 Å². The van der Waals surface area contributed by atoms with E-state index in [1.54, 1.807) is 0 Å².